The van der Waals surface area contributed by atoms with Crippen LogP contribution >= 0.6 is 0 Å². The molecular formula is C15H16O5. The third-order valence-electron chi connectivity index (χ3n) is 3.28. The van der Waals surface area contributed by atoms with E-state index in [1.54, 1.807) is 6.08 Å². The molecule has 0 spiro atoms. The van der Waals surface area contributed by atoms with Crippen LogP contribution in [0.1, 0.15) is 18.8 Å². The highest BCUT2D eigenvalue weighted by Gasteiger charge is 2.41. The van der Waals surface area contributed by atoms with Gasteiger partial charge in [-0.25, -0.2) is 0 Å². The van der Waals surface area contributed by atoms with E-state index >= 15 is 0 Å². The molecule has 2 aliphatic rings. The molecule has 4 atom stereocenters. The lowest BCUT2D eigenvalue weighted by molar-refractivity contribution is -0.278. The lowest BCUT2D eigenvalue weighted by atomic mass is 10.0. The van der Waals surface area contributed by atoms with Gasteiger partial charge in [0.2, 0.25) is 0 Å². The van der Waals surface area contributed by atoms with Crippen LogP contribution in [-0.4, -0.2) is 30.9 Å². The van der Waals surface area contributed by atoms with Crippen molar-refractivity contribution in [1.82, 2.24) is 0 Å². The molecule has 0 N–H and O–H groups in total. The van der Waals surface area contributed by atoms with Gasteiger partial charge < -0.3 is 18.9 Å². The minimum absolute atomic E-state index is 0.260. The lowest BCUT2D eigenvalue weighted by Gasteiger charge is -2.40. The smallest absolute Gasteiger partial charge is 0.303 e. The van der Waals surface area contributed by atoms with E-state index in [4.69, 9.17) is 18.9 Å². The standard InChI is InChI=1S/C15H16O5/c1-10(16)19-12-7-8-17-13-9-18-15(20-14(12)13)11-5-3-2-4-6-11/h2-8,12-15H,9H2,1H3/t12-,13+,14-,15?/m0/s1. The van der Waals surface area contributed by atoms with Crippen LogP contribution in [0, 0.1) is 0 Å². The van der Waals surface area contributed by atoms with Crippen LogP contribution < -0.4 is 0 Å². The Bertz CT molecular complexity index is 498. The molecule has 3 rings (SSSR count). The van der Waals surface area contributed by atoms with Crippen LogP contribution in [0.25, 0.3) is 0 Å². The van der Waals surface area contributed by atoms with Crippen molar-refractivity contribution in [3.63, 3.8) is 0 Å². The van der Waals surface area contributed by atoms with Crippen molar-refractivity contribution in [1.29, 1.82) is 0 Å². The van der Waals surface area contributed by atoms with Crippen molar-refractivity contribution < 1.29 is 23.7 Å². The summed E-state index contributed by atoms with van der Waals surface area (Å²) < 4.78 is 22.3. The van der Waals surface area contributed by atoms with E-state index in [1.807, 2.05) is 30.3 Å². The molecule has 0 bridgehead atoms. The molecule has 5 nitrogen and oxygen atoms in total. The Morgan fingerprint density at radius 3 is 2.85 bits per heavy atom. The highest BCUT2D eigenvalue weighted by molar-refractivity contribution is 5.66. The number of hydrogen-bond acceptors (Lipinski definition) is 5. The Morgan fingerprint density at radius 2 is 2.10 bits per heavy atom. The van der Waals surface area contributed by atoms with E-state index in [0.717, 1.165) is 5.56 Å². The molecular weight excluding hydrogens is 260 g/mol. The zero-order chi connectivity index (χ0) is 13.9. The fourth-order valence-corrected chi connectivity index (χ4v) is 2.37. The topological polar surface area (TPSA) is 54.0 Å². The van der Waals surface area contributed by atoms with Crippen molar-refractivity contribution in [3.8, 4) is 0 Å². The molecule has 1 saturated heterocycles. The van der Waals surface area contributed by atoms with Gasteiger partial charge >= 0.3 is 5.97 Å². The molecule has 0 aliphatic carbocycles. The van der Waals surface area contributed by atoms with Crippen LogP contribution in [-0.2, 0) is 23.7 Å². The van der Waals surface area contributed by atoms with Gasteiger partial charge in [-0.15, -0.1) is 0 Å². The van der Waals surface area contributed by atoms with E-state index < -0.39 is 12.4 Å². The molecule has 0 aromatic heterocycles. The average Bonchev–Trinajstić information content (AvgIpc) is 2.47. The highest BCUT2D eigenvalue weighted by atomic mass is 16.7. The third-order valence-corrected chi connectivity index (χ3v) is 3.28. The van der Waals surface area contributed by atoms with Gasteiger partial charge in [0.15, 0.2) is 18.5 Å². The van der Waals surface area contributed by atoms with Crippen molar-refractivity contribution in [2.45, 2.75) is 31.5 Å². The summed E-state index contributed by atoms with van der Waals surface area (Å²) in [5.41, 5.74) is 0.932. The van der Waals surface area contributed by atoms with Gasteiger partial charge in [-0.1, -0.05) is 30.3 Å². The van der Waals surface area contributed by atoms with Gasteiger partial charge in [0, 0.05) is 12.5 Å². The first-order valence-corrected chi connectivity index (χ1v) is 6.55. The number of esters is 1. The van der Waals surface area contributed by atoms with Crippen LogP contribution in [0.4, 0.5) is 0 Å². The van der Waals surface area contributed by atoms with Crippen LogP contribution in [0.2, 0.25) is 0 Å². The predicted octanol–water partition coefficient (Wildman–Crippen LogP) is 1.94. The van der Waals surface area contributed by atoms with E-state index in [2.05, 4.69) is 0 Å². The van der Waals surface area contributed by atoms with E-state index in [0.29, 0.717) is 6.61 Å². The second kappa shape index (κ2) is 5.64. The number of benzene rings is 1. The summed E-state index contributed by atoms with van der Waals surface area (Å²) in [4.78, 5) is 11.2. The van der Waals surface area contributed by atoms with Gasteiger partial charge in [-0.05, 0) is 6.08 Å². The maximum atomic E-state index is 11.2. The third kappa shape index (κ3) is 2.69. The van der Waals surface area contributed by atoms with Gasteiger partial charge in [-0.3, -0.25) is 4.79 Å². The van der Waals surface area contributed by atoms with E-state index in [-0.39, 0.29) is 18.2 Å². The first kappa shape index (κ1) is 13.1. The average molecular weight is 276 g/mol. The van der Waals surface area contributed by atoms with Crippen molar-refractivity contribution in [3.05, 3.63) is 48.2 Å². The zero-order valence-electron chi connectivity index (χ0n) is 11.1. The van der Waals surface area contributed by atoms with Crippen LogP contribution in [0.5, 0.6) is 0 Å². The second-order valence-electron chi connectivity index (χ2n) is 4.75. The van der Waals surface area contributed by atoms with Gasteiger partial charge in [0.25, 0.3) is 0 Å². The molecule has 2 aliphatic heterocycles. The molecule has 0 amide bonds. The summed E-state index contributed by atoms with van der Waals surface area (Å²) in [6, 6.07) is 9.66. The lowest BCUT2D eigenvalue weighted by Crippen LogP contribution is -2.50. The van der Waals surface area contributed by atoms with Crippen LogP contribution in [0.15, 0.2) is 42.7 Å². The van der Waals surface area contributed by atoms with E-state index in [9.17, 15) is 4.79 Å². The largest absolute Gasteiger partial charge is 0.493 e. The van der Waals surface area contributed by atoms with Gasteiger partial charge in [0.05, 0.1) is 12.9 Å². The summed E-state index contributed by atoms with van der Waals surface area (Å²) in [7, 11) is 0. The molecule has 1 aromatic carbocycles. The Balaban J connectivity index is 1.76. The molecule has 0 radical (unpaired) electrons. The number of carbonyl (C=O) groups is 1. The quantitative estimate of drug-likeness (QED) is 0.773. The summed E-state index contributed by atoms with van der Waals surface area (Å²) >= 11 is 0. The maximum absolute atomic E-state index is 11.2. The summed E-state index contributed by atoms with van der Waals surface area (Å²) in [6.07, 6.45) is 1.69. The first-order valence-electron chi connectivity index (χ1n) is 6.55. The Hall–Kier alpha value is -1.85. The first-order chi connectivity index (χ1) is 9.74. The zero-order valence-corrected chi connectivity index (χ0v) is 11.1. The minimum atomic E-state index is -0.467. The highest BCUT2D eigenvalue weighted by Crippen LogP contribution is 2.32. The number of carbonyl (C=O) groups excluding carboxylic acids is 1. The monoisotopic (exact) mass is 276 g/mol. The van der Waals surface area contributed by atoms with Crippen LogP contribution in [0.3, 0.4) is 0 Å². The maximum Gasteiger partial charge on any atom is 0.303 e. The summed E-state index contributed by atoms with van der Waals surface area (Å²) in [6.45, 7) is 1.78. The summed E-state index contributed by atoms with van der Waals surface area (Å²) in [5.74, 6) is -0.341. The fraction of sp³-hybridized carbons (Fsp3) is 0.400. The second-order valence-corrected chi connectivity index (χ2v) is 4.75. The van der Waals surface area contributed by atoms with Gasteiger partial charge in [-0.2, -0.15) is 0 Å². The molecule has 0 saturated carbocycles. The van der Waals surface area contributed by atoms with Gasteiger partial charge in [0.1, 0.15) is 6.10 Å². The molecule has 1 unspecified atom stereocenters. The Kier molecular flexibility index (Phi) is 3.71. The number of rotatable bonds is 2. The molecule has 5 heteroatoms. The van der Waals surface area contributed by atoms with Crippen molar-refractivity contribution in [2.75, 3.05) is 6.61 Å². The minimum Gasteiger partial charge on any atom is -0.493 e. The Labute approximate surface area is 117 Å². The molecule has 106 valence electrons. The molecule has 1 aromatic rings. The molecule has 2 heterocycles. The normalized spacial score (nSPS) is 32.0. The predicted molar refractivity (Wildman–Crippen MR) is 69.6 cm³/mol. The molecule has 20 heavy (non-hydrogen) atoms. The number of fused-ring (bicyclic) bond motifs is 1. The molecule has 1 fully saturated rings. The summed E-state index contributed by atoms with van der Waals surface area (Å²) in [5, 5.41) is 0. The number of hydrogen-bond donors (Lipinski definition) is 0. The number of ether oxygens (including phenoxy) is 4. The van der Waals surface area contributed by atoms with Crippen molar-refractivity contribution >= 4 is 5.97 Å². The van der Waals surface area contributed by atoms with Crippen molar-refractivity contribution in [2.24, 2.45) is 0 Å². The SMILES string of the molecule is CC(=O)O[C@H]1C=CO[C@@H]2COC(c3ccccc3)O[C@@H]12. The fourth-order valence-electron chi connectivity index (χ4n) is 2.37. The van der Waals surface area contributed by atoms with E-state index in [1.165, 1.54) is 13.2 Å². The Morgan fingerprint density at radius 1 is 1.30 bits per heavy atom.